The van der Waals surface area contributed by atoms with E-state index in [0.717, 1.165) is 10.0 Å². The maximum absolute atomic E-state index is 12.2. The van der Waals surface area contributed by atoms with Crippen molar-refractivity contribution in [3.05, 3.63) is 52.5 Å². The molecule has 2 aromatic rings. The molecule has 2 aromatic carbocycles. The zero-order valence-electron chi connectivity index (χ0n) is 13.4. The van der Waals surface area contributed by atoms with Crippen molar-refractivity contribution < 1.29 is 14.3 Å². The van der Waals surface area contributed by atoms with Crippen molar-refractivity contribution in [3.8, 4) is 11.5 Å². The Morgan fingerprint density at radius 1 is 1.17 bits per heavy atom. The second-order valence-electron chi connectivity index (χ2n) is 5.67. The molecule has 3 rings (SSSR count). The second kappa shape index (κ2) is 7.68. The first kappa shape index (κ1) is 16.8. The van der Waals surface area contributed by atoms with Gasteiger partial charge in [-0.05, 0) is 30.8 Å². The van der Waals surface area contributed by atoms with E-state index < -0.39 is 0 Å². The van der Waals surface area contributed by atoms with Gasteiger partial charge in [-0.15, -0.1) is 0 Å². The van der Waals surface area contributed by atoms with Crippen LogP contribution < -0.4 is 14.8 Å². The van der Waals surface area contributed by atoms with Crippen LogP contribution in [0.5, 0.6) is 11.5 Å². The van der Waals surface area contributed by atoms with Crippen molar-refractivity contribution >= 4 is 27.5 Å². The molecule has 1 N–H and O–H groups in total. The van der Waals surface area contributed by atoms with Gasteiger partial charge >= 0.3 is 0 Å². The summed E-state index contributed by atoms with van der Waals surface area (Å²) in [6, 6.07) is 13.4. The average Bonchev–Trinajstić information content (AvgIpc) is 2.56. The zero-order chi connectivity index (χ0) is 16.9. The van der Waals surface area contributed by atoms with Crippen LogP contribution in [0.15, 0.2) is 46.9 Å². The lowest BCUT2D eigenvalue weighted by Crippen LogP contribution is -2.30. The number of amides is 1. The SMILES string of the molecule is CN(CC(=O)Nc1ccc2c(c1)OCCO2)Cc1ccccc1Br. The molecule has 1 heterocycles. The van der Waals surface area contributed by atoms with E-state index in [1.165, 1.54) is 0 Å². The lowest BCUT2D eigenvalue weighted by atomic mass is 10.2. The fourth-order valence-electron chi connectivity index (χ4n) is 2.54. The summed E-state index contributed by atoms with van der Waals surface area (Å²) in [6.07, 6.45) is 0. The van der Waals surface area contributed by atoms with Crippen LogP contribution in [0.2, 0.25) is 0 Å². The van der Waals surface area contributed by atoms with Crippen LogP contribution >= 0.6 is 15.9 Å². The normalized spacial score (nSPS) is 13.0. The van der Waals surface area contributed by atoms with Crippen molar-refractivity contribution in [1.82, 2.24) is 4.90 Å². The van der Waals surface area contributed by atoms with Gasteiger partial charge in [-0.25, -0.2) is 0 Å². The quantitative estimate of drug-likeness (QED) is 0.850. The Kier molecular flexibility index (Phi) is 5.37. The molecule has 0 aliphatic carbocycles. The Hall–Kier alpha value is -2.05. The Balaban J connectivity index is 1.56. The average molecular weight is 391 g/mol. The molecule has 6 heteroatoms. The van der Waals surface area contributed by atoms with Crippen LogP contribution in [0, 0.1) is 0 Å². The standard InChI is InChI=1S/C18H19BrN2O3/c1-21(11-13-4-2-3-5-15(13)19)12-18(22)20-14-6-7-16-17(10-14)24-9-8-23-16/h2-7,10H,8-9,11-12H2,1H3,(H,20,22). The van der Waals surface area contributed by atoms with Gasteiger partial charge in [0, 0.05) is 22.8 Å². The number of benzene rings is 2. The maximum atomic E-state index is 12.2. The molecule has 1 amide bonds. The molecule has 0 atom stereocenters. The number of carbonyl (C=O) groups is 1. The third-order valence-electron chi connectivity index (χ3n) is 3.64. The highest BCUT2D eigenvalue weighted by Crippen LogP contribution is 2.32. The van der Waals surface area contributed by atoms with Gasteiger partial charge in [-0.3, -0.25) is 9.69 Å². The molecule has 0 radical (unpaired) electrons. The summed E-state index contributed by atoms with van der Waals surface area (Å²) in [7, 11) is 1.92. The minimum atomic E-state index is -0.0683. The molecule has 24 heavy (non-hydrogen) atoms. The Labute approximate surface area is 149 Å². The summed E-state index contributed by atoms with van der Waals surface area (Å²) >= 11 is 3.53. The maximum Gasteiger partial charge on any atom is 0.238 e. The van der Waals surface area contributed by atoms with E-state index in [2.05, 4.69) is 21.2 Å². The summed E-state index contributed by atoms with van der Waals surface area (Å²) in [6.45, 7) is 2.07. The van der Waals surface area contributed by atoms with E-state index in [4.69, 9.17) is 9.47 Å². The molecule has 1 aliphatic heterocycles. The van der Waals surface area contributed by atoms with Crippen molar-refractivity contribution in [3.63, 3.8) is 0 Å². The number of fused-ring (bicyclic) bond motifs is 1. The number of likely N-dealkylation sites (N-methyl/N-ethyl adjacent to an activating group) is 1. The van der Waals surface area contributed by atoms with Crippen molar-refractivity contribution in [1.29, 1.82) is 0 Å². The van der Waals surface area contributed by atoms with Gasteiger partial charge in [0.05, 0.1) is 6.54 Å². The number of hydrogen-bond acceptors (Lipinski definition) is 4. The molecule has 5 nitrogen and oxygen atoms in total. The van der Waals surface area contributed by atoms with Crippen molar-refractivity contribution in [2.45, 2.75) is 6.54 Å². The number of nitrogens with zero attached hydrogens (tertiary/aromatic N) is 1. The van der Waals surface area contributed by atoms with E-state index in [9.17, 15) is 4.79 Å². The van der Waals surface area contributed by atoms with Crippen LogP contribution in [-0.4, -0.2) is 37.6 Å². The van der Waals surface area contributed by atoms with Gasteiger partial charge in [0.1, 0.15) is 13.2 Å². The molecule has 126 valence electrons. The largest absolute Gasteiger partial charge is 0.486 e. The van der Waals surface area contributed by atoms with Gasteiger partial charge in [0.15, 0.2) is 11.5 Å². The summed E-state index contributed by atoms with van der Waals surface area (Å²) in [5.74, 6) is 1.31. The lowest BCUT2D eigenvalue weighted by Gasteiger charge is -2.20. The predicted octanol–water partition coefficient (Wildman–Crippen LogP) is 3.29. The number of rotatable bonds is 5. The highest BCUT2D eigenvalue weighted by molar-refractivity contribution is 9.10. The van der Waals surface area contributed by atoms with Crippen LogP contribution in [0.4, 0.5) is 5.69 Å². The molecule has 0 fully saturated rings. The molecule has 0 saturated heterocycles. The molecule has 0 spiro atoms. The van der Waals surface area contributed by atoms with Gasteiger partial charge < -0.3 is 14.8 Å². The van der Waals surface area contributed by atoms with Gasteiger partial charge in [-0.1, -0.05) is 34.1 Å². The molecular weight excluding hydrogens is 372 g/mol. The van der Waals surface area contributed by atoms with Gasteiger partial charge in [0.2, 0.25) is 5.91 Å². The second-order valence-corrected chi connectivity index (χ2v) is 6.52. The molecule has 0 aromatic heterocycles. The summed E-state index contributed by atoms with van der Waals surface area (Å²) in [5.41, 5.74) is 1.85. The number of anilines is 1. The van der Waals surface area contributed by atoms with Crippen molar-refractivity contribution in [2.75, 3.05) is 32.1 Å². The first-order valence-electron chi connectivity index (χ1n) is 7.73. The van der Waals surface area contributed by atoms with E-state index in [1.807, 2.05) is 48.3 Å². The van der Waals surface area contributed by atoms with E-state index in [-0.39, 0.29) is 5.91 Å². The third-order valence-corrected chi connectivity index (χ3v) is 4.41. The van der Waals surface area contributed by atoms with E-state index in [1.54, 1.807) is 6.07 Å². The van der Waals surface area contributed by atoms with Crippen LogP contribution in [0.3, 0.4) is 0 Å². The first-order chi connectivity index (χ1) is 11.6. The molecular formula is C18H19BrN2O3. The number of nitrogens with one attached hydrogen (secondary N) is 1. The number of halogens is 1. The van der Waals surface area contributed by atoms with Gasteiger partial charge in [-0.2, -0.15) is 0 Å². The summed E-state index contributed by atoms with van der Waals surface area (Å²) < 4.78 is 12.0. The third kappa shape index (κ3) is 4.27. The molecule has 0 unspecified atom stereocenters. The molecule has 1 aliphatic rings. The van der Waals surface area contributed by atoms with Crippen molar-refractivity contribution in [2.24, 2.45) is 0 Å². The Bertz CT molecular complexity index is 736. The topological polar surface area (TPSA) is 50.8 Å². The summed E-state index contributed by atoms with van der Waals surface area (Å²) in [4.78, 5) is 14.2. The van der Waals surface area contributed by atoms with E-state index in [0.29, 0.717) is 43.5 Å². The number of hydrogen-bond donors (Lipinski definition) is 1. The fraction of sp³-hybridized carbons (Fsp3) is 0.278. The Morgan fingerprint density at radius 2 is 1.92 bits per heavy atom. The minimum absolute atomic E-state index is 0.0683. The number of carbonyl (C=O) groups excluding carboxylic acids is 1. The first-order valence-corrected chi connectivity index (χ1v) is 8.52. The monoisotopic (exact) mass is 390 g/mol. The number of ether oxygens (including phenoxy) is 2. The predicted molar refractivity (Wildman–Crippen MR) is 96.5 cm³/mol. The highest BCUT2D eigenvalue weighted by atomic mass is 79.9. The highest BCUT2D eigenvalue weighted by Gasteiger charge is 2.14. The van der Waals surface area contributed by atoms with Crippen LogP contribution in [-0.2, 0) is 11.3 Å². The van der Waals surface area contributed by atoms with Gasteiger partial charge in [0.25, 0.3) is 0 Å². The molecule has 0 bridgehead atoms. The smallest absolute Gasteiger partial charge is 0.238 e. The minimum Gasteiger partial charge on any atom is -0.486 e. The zero-order valence-corrected chi connectivity index (χ0v) is 15.0. The summed E-state index contributed by atoms with van der Waals surface area (Å²) in [5, 5.41) is 2.90. The van der Waals surface area contributed by atoms with Crippen LogP contribution in [0.1, 0.15) is 5.56 Å². The molecule has 0 saturated carbocycles. The lowest BCUT2D eigenvalue weighted by molar-refractivity contribution is -0.117. The Morgan fingerprint density at radius 3 is 2.71 bits per heavy atom. The van der Waals surface area contributed by atoms with Crippen LogP contribution in [0.25, 0.3) is 0 Å². The fourth-order valence-corrected chi connectivity index (χ4v) is 2.95. The van der Waals surface area contributed by atoms with E-state index >= 15 is 0 Å².